The van der Waals surface area contributed by atoms with Crippen molar-refractivity contribution in [3.05, 3.63) is 51.7 Å². The lowest BCUT2D eigenvalue weighted by molar-refractivity contribution is -0.115. The zero-order valence-corrected chi connectivity index (χ0v) is 11.7. The summed E-state index contributed by atoms with van der Waals surface area (Å²) >= 11 is 1.59. The van der Waals surface area contributed by atoms with Crippen molar-refractivity contribution in [2.24, 2.45) is 0 Å². The number of hydrogen-bond acceptors (Lipinski definition) is 3. The summed E-state index contributed by atoms with van der Waals surface area (Å²) in [5.74, 6) is -2.05. The van der Waals surface area contributed by atoms with Gasteiger partial charge >= 0.3 is 0 Å². The zero-order valence-electron chi connectivity index (χ0n) is 10.9. The number of aryl methyl sites for hydroxylation is 1. The molecule has 2 aromatic rings. The highest BCUT2D eigenvalue weighted by atomic mass is 32.1. The van der Waals surface area contributed by atoms with E-state index in [0.29, 0.717) is 6.54 Å². The molecule has 1 amide bonds. The lowest BCUT2D eigenvalue weighted by Gasteiger charge is -2.08. The third-order valence-electron chi connectivity index (χ3n) is 2.79. The minimum atomic E-state index is -0.785. The highest BCUT2D eigenvalue weighted by molar-refractivity contribution is 7.08. The number of anilines is 1. The van der Waals surface area contributed by atoms with Gasteiger partial charge < -0.3 is 10.6 Å². The van der Waals surface area contributed by atoms with Crippen molar-refractivity contribution in [1.29, 1.82) is 0 Å². The second-order valence-corrected chi connectivity index (χ2v) is 5.07. The second kappa shape index (κ2) is 6.58. The van der Waals surface area contributed by atoms with Gasteiger partial charge in [-0.25, -0.2) is 8.78 Å². The molecule has 0 atom stereocenters. The summed E-state index contributed by atoms with van der Waals surface area (Å²) < 4.78 is 26.7. The molecule has 0 fully saturated rings. The van der Waals surface area contributed by atoms with Crippen LogP contribution in [0.4, 0.5) is 14.5 Å². The fourth-order valence-electron chi connectivity index (χ4n) is 1.68. The van der Waals surface area contributed by atoms with Crippen LogP contribution in [-0.4, -0.2) is 12.5 Å². The Morgan fingerprint density at radius 2 is 1.95 bits per heavy atom. The number of hydrogen-bond donors (Lipinski definition) is 2. The Kier molecular flexibility index (Phi) is 4.81. The van der Waals surface area contributed by atoms with Crippen LogP contribution in [0.2, 0.25) is 0 Å². The Balaban J connectivity index is 1.85. The Hall–Kier alpha value is -1.79. The number of amides is 1. The van der Waals surface area contributed by atoms with Crippen molar-refractivity contribution in [2.45, 2.75) is 13.5 Å². The van der Waals surface area contributed by atoms with Crippen molar-refractivity contribution in [3.8, 4) is 0 Å². The molecule has 106 valence electrons. The van der Waals surface area contributed by atoms with Crippen molar-refractivity contribution in [2.75, 3.05) is 11.9 Å². The number of rotatable bonds is 5. The predicted molar refractivity (Wildman–Crippen MR) is 75.8 cm³/mol. The lowest BCUT2D eigenvalue weighted by atomic mass is 10.2. The largest absolute Gasteiger partial charge is 0.320 e. The molecule has 0 saturated heterocycles. The van der Waals surface area contributed by atoms with E-state index in [1.54, 1.807) is 11.3 Å². The van der Waals surface area contributed by atoms with Gasteiger partial charge in [0.05, 0.1) is 6.54 Å². The summed E-state index contributed by atoms with van der Waals surface area (Å²) in [5.41, 5.74) is 1.86. The number of halogens is 2. The monoisotopic (exact) mass is 296 g/mol. The molecular weight excluding hydrogens is 282 g/mol. The number of benzene rings is 1. The minimum Gasteiger partial charge on any atom is -0.320 e. The topological polar surface area (TPSA) is 41.1 Å². The average Bonchev–Trinajstić information content (AvgIpc) is 2.80. The molecule has 0 spiro atoms. The Labute approximate surface area is 119 Å². The van der Waals surface area contributed by atoms with E-state index in [9.17, 15) is 13.6 Å². The molecule has 1 aromatic carbocycles. The first-order chi connectivity index (χ1) is 9.58. The highest BCUT2D eigenvalue weighted by Crippen LogP contribution is 2.17. The van der Waals surface area contributed by atoms with Crippen LogP contribution in [-0.2, 0) is 11.3 Å². The molecule has 0 aliphatic carbocycles. The van der Waals surface area contributed by atoms with Gasteiger partial charge in [-0.3, -0.25) is 4.79 Å². The molecule has 6 heteroatoms. The summed E-state index contributed by atoms with van der Waals surface area (Å²) in [5, 5.41) is 9.18. The van der Waals surface area contributed by atoms with Gasteiger partial charge in [0.15, 0.2) is 0 Å². The minimum absolute atomic E-state index is 0.0109. The Morgan fingerprint density at radius 3 is 2.55 bits per heavy atom. The molecule has 3 nitrogen and oxygen atoms in total. The van der Waals surface area contributed by atoms with Crippen LogP contribution in [0.25, 0.3) is 0 Å². The van der Waals surface area contributed by atoms with Gasteiger partial charge in [-0.1, -0.05) is 6.07 Å². The first-order valence-electron chi connectivity index (χ1n) is 6.04. The van der Waals surface area contributed by atoms with Gasteiger partial charge in [-0.2, -0.15) is 11.3 Å². The molecule has 0 aliphatic rings. The van der Waals surface area contributed by atoms with E-state index in [4.69, 9.17) is 0 Å². The van der Waals surface area contributed by atoms with E-state index in [1.807, 2.05) is 17.7 Å². The van der Waals surface area contributed by atoms with Crippen LogP contribution in [0.5, 0.6) is 0 Å². The quantitative estimate of drug-likeness (QED) is 0.890. The van der Waals surface area contributed by atoms with Crippen molar-refractivity contribution in [1.82, 2.24) is 5.32 Å². The normalized spacial score (nSPS) is 10.6. The molecule has 0 saturated carbocycles. The Morgan fingerprint density at radius 1 is 1.25 bits per heavy atom. The van der Waals surface area contributed by atoms with Crippen LogP contribution >= 0.6 is 11.3 Å². The molecular formula is C14H14F2N2OS. The van der Waals surface area contributed by atoms with Crippen molar-refractivity contribution in [3.63, 3.8) is 0 Å². The molecule has 1 aromatic heterocycles. The standard InChI is InChI=1S/C14H14F2N2OS/c1-9-7-20-8-10(9)5-17-6-13(19)18-14-11(15)3-2-4-12(14)16/h2-4,7-8,17H,5-6H2,1H3,(H,18,19). The Bertz CT molecular complexity index is 593. The molecule has 0 aliphatic heterocycles. The van der Waals surface area contributed by atoms with E-state index < -0.39 is 23.2 Å². The molecule has 0 radical (unpaired) electrons. The van der Waals surface area contributed by atoms with Crippen LogP contribution < -0.4 is 10.6 Å². The predicted octanol–water partition coefficient (Wildman–Crippen LogP) is 3.06. The first-order valence-corrected chi connectivity index (χ1v) is 6.98. The molecule has 2 N–H and O–H groups in total. The molecule has 0 bridgehead atoms. The summed E-state index contributed by atoms with van der Waals surface area (Å²) in [6.07, 6.45) is 0. The summed E-state index contributed by atoms with van der Waals surface area (Å²) in [6.45, 7) is 2.52. The van der Waals surface area contributed by atoms with Crippen LogP contribution in [0, 0.1) is 18.6 Å². The van der Waals surface area contributed by atoms with Gasteiger partial charge in [-0.05, 0) is 40.9 Å². The number of para-hydroxylation sites is 1. The van der Waals surface area contributed by atoms with Crippen molar-refractivity contribution < 1.29 is 13.6 Å². The smallest absolute Gasteiger partial charge is 0.238 e. The third kappa shape index (κ3) is 3.61. The van der Waals surface area contributed by atoms with Gasteiger partial charge in [-0.15, -0.1) is 0 Å². The molecule has 1 heterocycles. The highest BCUT2D eigenvalue weighted by Gasteiger charge is 2.11. The summed E-state index contributed by atoms with van der Waals surface area (Å²) in [4.78, 5) is 11.6. The third-order valence-corrected chi connectivity index (χ3v) is 3.70. The number of nitrogens with one attached hydrogen (secondary N) is 2. The van der Waals surface area contributed by atoms with E-state index >= 15 is 0 Å². The maximum atomic E-state index is 13.3. The average molecular weight is 296 g/mol. The summed E-state index contributed by atoms with van der Waals surface area (Å²) in [7, 11) is 0. The number of carbonyl (C=O) groups is 1. The van der Waals surface area contributed by atoms with E-state index in [0.717, 1.165) is 23.3 Å². The van der Waals surface area contributed by atoms with Gasteiger partial charge in [0.2, 0.25) is 5.91 Å². The maximum Gasteiger partial charge on any atom is 0.238 e. The zero-order chi connectivity index (χ0) is 14.5. The second-order valence-electron chi connectivity index (χ2n) is 4.33. The van der Waals surface area contributed by atoms with Crippen LogP contribution in [0.3, 0.4) is 0 Å². The lowest BCUT2D eigenvalue weighted by Crippen LogP contribution is -2.28. The van der Waals surface area contributed by atoms with Crippen molar-refractivity contribution >= 4 is 22.9 Å². The molecule has 0 unspecified atom stereocenters. The SMILES string of the molecule is Cc1cscc1CNCC(=O)Nc1c(F)cccc1F. The number of carbonyl (C=O) groups excluding carboxylic acids is 1. The number of thiophene rings is 1. The van der Waals surface area contributed by atoms with E-state index in [2.05, 4.69) is 10.6 Å². The van der Waals surface area contributed by atoms with Crippen LogP contribution in [0.1, 0.15) is 11.1 Å². The van der Waals surface area contributed by atoms with Gasteiger partial charge in [0, 0.05) is 6.54 Å². The molecule has 20 heavy (non-hydrogen) atoms. The van der Waals surface area contributed by atoms with Gasteiger partial charge in [0.25, 0.3) is 0 Å². The van der Waals surface area contributed by atoms with E-state index in [-0.39, 0.29) is 6.54 Å². The molecule has 2 rings (SSSR count). The van der Waals surface area contributed by atoms with E-state index in [1.165, 1.54) is 6.07 Å². The summed E-state index contributed by atoms with van der Waals surface area (Å²) in [6, 6.07) is 3.44. The maximum absolute atomic E-state index is 13.3. The fourth-order valence-corrected chi connectivity index (χ4v) is 2.54. The van der Waals surface area contributed by atoms with Crippen LogP contribution in [0.15, 0.2) is 29.0 Å². The fraction of sp³-hybridized carbons (Fsp3) is 0.214. The first kappa shape index (κ1) is 14.6. The van der Waals surface area contributed by atoms with Gasteiger partial charge in [0.1, 0.15) is 17.3 Å².